The second kappa shape index (κ2) is 7.57. The van der Waals surface area contributed by atoms with Crippen molar-refractivity contribution in [2.24, 2.45) is 0 Å². The Morgan fingerprint density at radius 1 is 1.24 bits per heavy atom. The zero-order valence-electron chi connectivity index (χ0n) is 12.2. The molecule has 0 aromatic heterocycles. The van der Waals surface area contributed by atoms with Crippen LogP contribution in [0, 0.1) is 5.82 Å². The molecule has 0 amide bonds. The van der Waals surface area contributed by atoms with Crippen molar-refractivity contribution in [3.63, 3.8) is 0 Å². The Morgan fingerprint density at radius 3 is 2.71 bits per heavy atom. The first-order valence-electron chi connectivity index (χ1n) is 6.95. The quantitative estimate of drug-likeness (QED) is 0.827. The average Bonchev–Trinajstić information content (AvgIpc) is 2.50. The van der Waals surface area contributed by atoms with Gasteiger partial charge < -0.3 is 10.1 Å². The maximum absolute atomic E-state index is 13.4. The Labute approximate surface area is 133 Å². The molecule has 2 rings (SSSR count). The molecule has 0 saturated carbocycles. The second-order valence-electron chi connectivity index (χ2n) is 4.84. The smallest absolute Gasteiger partial charge is 0.137 e. The maximum atomic E-state index is 13.4. The van der Waals surface area contributed by atoms with Gasteiger partial charge in [0.15, 0.2) is 0 Å². The van der Waals surface area contributed by atoms with Crippen molar-refractivity contribution in [2.75, 3.05) is 13.7 Å². The van der Waals surface area contributed by atoms with Crippen LogP contribution < -0.4 is 10.1 Å². The summed E-state index contributed by atoms with van der Waals surface area (Å²) in [5, 5.41) is 3.45. The third kappa shape index (κ3) is 4.29. The number of methoxy groups -OCH3 is 1. The van der Waals surface area contributed by atoms with Gasteiger partial charge in [-0.15, -0.1) is 0 Å². The van der Waals surface area contributed by atoms with E-state index in [9.17, 15) is 4.39 Å². The highest BCUT2D eigenvalue weighted by Gasteiger charge is 2.13. The fraction of sp³-hybridized carbons (Fsp3) is 0.294. The summed E-state index contributed by atoms with van der Waals surface area (Å²) < 4.78 is 19.1. The first-order chi connectivity index (χ1) is 10.1. The van der Waals surface area contributed by atoms with E-state index in [4.69, 9.17) is 4.74 Å². The van der Waals surface area contributed by atoms with Crippen molar-refractivity contribution in [3.8, 4) is 5.75 Å². The SMILES string of the molecule is CCNC(Cc1cccc(OC)c1)c1ccc(F)c(Br)c1. The summed E-state index contributed by atoms with van der Waals surface area (Å²) in [4.78, 5) is 0. The molecule has 1 atom stereocenters. The maximum Gasteiger partial charge on any atom is 0.137 e. The predicted octanol–water partition coefficient (Wildman–Crippen LogP) is 4.49. The molecule has 0 spiro atoms. The molecule has 0 fully saturated rings. The Kier molecular flexibility index (Phi) is 5.76. The van der Waals surface area contributed by atoms with Crippen LogP contribution in [0.4, 0.5) is 4.39 Å². The van der Waals surface area contributed by atoms with Crippen LogP contribution in [-0.4, -0.2) is 13.7 Å². The Bertz CT molecular complexity index is 603. The molecule has 4 heteroatoms. The molecule has 112 valence electrons. The second-order valence-corrected chi connectivity index (χ2v) is 5.69. The average molecular weight is 352 g/mol. The lowest BCUT2D eigenvalue weighted by Crippen LogP contribution is -2.23. The number of hydrogen-bond acceptors (Lipinski definition) is 2. The zero-order valence-corrected chi connectivity index (χ0v) is 13.8. The fourth-order valence-corrected chi connectivity index (χ4v) is 2.72. The van der Waals surface area contributed by atoms with E-state index in [1.165, 1.54) is 11.6 Å². The molecule has 0 aliphatic carbocycles. The zero-order chi connectivity index (χ0) is 15.2. The Hall–Kier alpha value is -1.39. The van der Waals surface area contributed by atoms with Gasteiger partial charge in [0.25, 0.3) is 0 Å². The van der Waals surface area contributed by atoms with Gasteiger partial charge in [0.2, 0.25) is 0 Å². The molecule has 0 aliphatic rings. The largest absolute Gasteiger partial charge is 0.497 e. The van der Waals surface area contributed by atoms with Gasteiger partial charge in [-0.1, -0.05) is 25.1 Å². The molecule has 2 aromatic rings. The third-order valence-electron chi connectivity index (χ3n) is 3.37. The highest BCUT2D eigenvalue weighted by Crippen LogP contribution is 2.25. The third-order valence-corrected chi connectivity index (χ3v) is 3.98. The molecular weight excluding hydrogens is 333 g/mol. The van der Waals surface area contributed by atoms with E-state index < -0.39 is 0 Å². The summed E-state index contributed by atoms with van der Waals surface area (Å²) in [6.45, 7) is 2.92. The van der Waals surface area contributed by atoms with Gasteiger partial charge in [0.05, 0.1) is 11.6 Å². The van der Waals surface area contributed by atoms with Gasteiger partial charge in [0.1, 0.15) is 11.6 Å². The topological polar surface area (TPSA) is 21.3 Å². The molecule has 2 aromatic carbocycles. The number of hydrogen-bond donors (Lipinski definition) is 1. The highest BCUT2D eigenvalue weighted by atomic mass is 79.9. The number of benzene rings is 2. The van der Waals surface area contributed by atoms with Gasteiger partial charge in [0, 0.05) is 6.04 Å². The van der Waals surface area contributed by atoms with E-state index in [0.717, 1.165) is 24.3 Å². The molecule has 0 bridgehead atoms. The van der Waals surface area contributed by atoms with Crippen molar-refractivity contribution in [1.29, 1.82) is 0 Å². The Morgan fingerprint density at radius 2 is 2.05 bits per heavy atom. The summed E-state index contributed by atoms with van der Waals surface area (Å²) in [6.07, 6.45) is 0.823. The van der Waals surface area contributed by atoms with Crippen LogP contribution in [0.25, 0.3) is 0 Å². The van der Waals surface area contributed by atoms with Crippen LogP contribution in [0.15, 0.2) is 46.9 Å². The van der Waals surface area contributed by atoms with Gasteiger partial charge in [-0.2, -0.15) is 0 Å². The van der Waals surface area contributed by atoms with E-state index in [-0.39, 0.29) is 11.9 Å². The number of ether oxygens (including phenoxy) is 1. The van der Waals surface area contributed by atoms with E-state index in [1.54, 1.807) is 7.11 Å². The summed E-state index contributed by atoms with van der Waals surface area (Å²) in [7, 11) is 1.66. The van der Waals surface area contributed by atoms with E-state index in [2.05, 4.69) is 34.2 Å². The molecule has 1 unspecified atom stereocenters. The molecule has 0 aliphatic heterocycles. The number of nitrogens with one attached hydrogen (secondary N) is 1. The van der Waals surface area contributed by atoms with Crippen molar-refractivity contribution in [2.45, 2.75) is 19.4 Å². The lowest BCUT2D eigenvalue weighted by molar-refractivity contribution is 0.414. The van der Waals surface area contributed by atoms with E-state index in [1.807, 2.05) is 30.3 Å². The molecule has 0 radical (unpaired) electrons. The minimum atomic E-state index is -0.240. The number of halogens is 2. The van der Waals surface area contributed by atoms with Crippen molar-refractivity contribution < 1.29 is 9.13 Å². The molecule has 0 saturated heterocycles. The minimum absolute atomic E-state index is 0.138. The van der Waals surface area contributed by atoms with Crippen molar-refractivity contribution in [3.05, 3.63) is 63.9 Å². The number of likely N-dealkylation sites (N-methyl/N-ethyl adjacent to an activating group) is 1. The summed E-state index contributed by atoms with van der Waals surface area (Å²) >= 11 is 3.25. The van der Waals surface area contributed by atoms with Crippen molar-refractivity contribution >= 4 is 15.9 Å². The highest BCUT2D eigenvalue weighted by molar-refractivity contribution is 9.10. The van der Waals surface area contributed by atoms with Crippen LogP contribution in [0.5, 0.6) is 5.75 Å². The van der Waals surface area contributed by atoms with E-state index in [0.29, 0.717) is 4.47 Å². The standard InChI is InChI=1S/C17H19BrFNO/c1-3-20-17(13-7-8-16(19)15(18)11-13)10-12-5-4-6-14(9-12)21-2/h4-9,11,17,20H,3,10H2,1-2H3. The molecule has 2 nitrogen and oxygen atoms in total. The first-order valence-corrected chi connectivity index (χ1v) is 7.74. The molecule has 1 N–H and O–H groups in total. The van der Waals surface area contributed by atoms with E-state index >= 15 is 0 Å². The lowest BCUT2D eigenvalue weighted by Gasteiger charge is -2.19. The summed E-state index contributed by atoms with van der Waals surface area (Å²) in [5.74, 6) is 0.610. The minimum Gasteiger partial charge on any atom is -0.497 e. The van der Waals surface area contributed by atoms with Gasteiger partial charge in [-0.3, -0.25) is 0 Å². The molecule has 0 heterocycles. The van der Waals surface area contributed by atoms with Crippen LogP contribution >= 0.6 is 15.9 Å². The Balaban J connectivity index is 2.23. The van der Waals surface area contributed by atoms with Gasteiger partial charge in [-0.25, -0.2) is 4.39 Å². The van der Waals surface area contributed by atoms with Crippen LogP contribution in [0.3, 0.4) is 0 Å². The predicted molar refractivity (Wildman–Crippen MR) is 87.2 cm³/mol. The van der Waals surface area contributed by atoms with Crippen LogP contribution in [0.2, 0.25) is 0 Å². The lowest BCUT2D eigenvalue weighted by atomic mass is 9.98. The molecular formula is C17H19BrFNO. The normalized spacial score (nSPS) is 12.2. The van der Waals surface area contributed by atoms with Gasteiger partial charge >= 0.3 is 0 Å². The van der Waals surface area contributed by atoms with Crippen LogP contribution in [-0.2, 0) is 6.42 Å². The fourth-order valence-electron chi connectivity index (χ4n) is 2.32. The first kappa shape index (κ1) is 16.0. The summed E-state index contributed by atoms with van der Waals surface area (Å²) in [6, 6.07) is 13.3. The molecule has 21 heavy (non-hydrogen) atoms. The number of rotatable bonds is 6. The van der Waals surface area contributed by atoms with Crippen LogP contribution in [0.1, 0.15) is 24.1 Å². The summed E-state index contributed by atoms with van der Waals surface area (Å²) in [5.41, 5.74) is 2.24. The van der Waals surface area contributed by atoms with Gasteiger partial charge in [-0.05, 0) is 64.3 Å². The van der Waals surface area contributed by atoms with Crippen molar-refractivity contribution in [1.82, 2.24) is 5.32 Å². The monoisotopic (exact) mass is 351 g/mol.